The molecule has 0 fully saturated rings. The van der Waals surface area contributed by atoms with E-state index in [0.29, 0.717) is 16.4 Å². The molecule has 0 saturated carbocycles. The first-order chi connectivity index (χ1) is 10.0. The van der Waals surface area contributed by atoms with Gasteiger partial charge in [0.05, 0.1) is 17.3 Å². The van der Waals surface area contributed by atoms with Crippen molar-refractivity contribution in [3.8, 4) is 0 Å². The number of hydrogen-bond acceptors (Lipinski definition) is 2. The number of carbonyl (C=O) groups excluding carboxylic acids is 1. The van der Waals surface area contributed by atoms with Gasteiger partial charge in [0.25, 0.3) is 0 Å². The number of benzene rings is 2. The molecule has 0 aliphatic rings. The van der Waals surface area contributed by atoms with Crippen LogP contribution in [0.2, 0.25) is 5.02 Å². The summed E-state index contributed by atoms with van der Waals surface area (Å²) in [5, 5.41) is 0.562. The van der Waals surface area contributed by atoms with Gasteiger partial charge >= 0.3 is 0 Å². The van der Waals surface area contributed by atoms with E-state index >= 15 is 0 Å². The summed E-state index contributed by atoms with van der Waals surface area (Å²) in [5.74, 6) is -0.174. The number of hydrogen-bond donors (Lipinski definition) is 1. The van der Waals surface area contributed by atoms with E-state index < -0.39 is 0 Å². The maximum absolute atomic E-state index is 12.8. The Labute approximate surface area is 130 Å². The quantitative estimate of drug-likeness (QED) is 0.865. The van der Waals surface area contributed by atoms with E-state index in [0.717, 1.165) is 12.0 Å². The molecule has 0 bridgehead atoms. The van der Waals surface area contributed by atoms with Crippen molar-refractivity contribution in [1.29, 1.82) is 0 Å². The van der Waals surface area contributed by atoms with Crippen molar-refractivity contribution in [3.05, 3.63) is 59.1 Å². The number of nitrogen functional groups attached to an aromatic ring is 1. The molecular weight excluding hydrogens is 284 g/mol. The van der Waals surface area contributed by atoms with Crippen LogP contribution < -0.4 is 10.6 Å². The number of halogens is 1. The van der Waals surface area contributed by atoms with E-state index in [-0.39, 0.29) is 11.8 Å². The third kappa shape index (κ3) is 3.37. The predicted octanol–water partition coefficient (Wildman–Crippen LogP) is 4.08. The minimum absolute atomic E-state index is 0.0117. The average Bonchev–Trinajstić information content (AvgIpc) is 2.50. The van der Waals surface area contributed by atoms with Crippen molar-refractivity contribution in [2.45, 2.75) is 19.3 Å². The lowest BCUT2D eigenvalue weighted by Gasteiger charge is -2.24. The first-order valence-electron chi connectivity index (χ1n) is 6.92. The second-order valence-electron chi connectivity index (χ2n) is 4.97. The molecular formula is C17H19ClN2O. The molecule has 2 rings (SSSR count). The van der Waals surface area contributed by atoms with Crippen LogP contribution in [0.4, 0.5) is 11.4 Å². The van der Waals surface area contributed by atoms with E-state index in [2.05, 4.69) is 0 Å². The third-order valence-electron chi connectivity index (χ3n) is 3.59. The largest absolute Gasteiger partial charge is 0.397 e. The highest BCUT2D eigenvalue weighted by molar-refractivity contribution is 6.31. The van der Waals surface area contributed by atoms with Gasteiger partial charge < -0.3 is 10.6 Å². The Morgan fingerprint density at radius 1 is 1.24 bits per heavy atom. The van der Waals surface area contributed by atoms with Crippen molar-refractivity contribution in [1.82, 2.24) is 0 Å². The highest BCUT2D eigenvalue weighted by Gasteiger charge is 2.24. The van der Waals surface area contributed by atoms with Crippen molar-refractivity contribution in [2.75, 3.05) is 17.7 Å². The van der Waals surface area contributed by atoms with Gasteiger partial charge in [0, 0.05) is 12.1 Å². The van der Waals surface area contributed by atoms with E-state index in [1.165, 1.54) is 0 Å². The van der Waals surface area contributed by atoms with Crippen LogP contribution in [0.25, 0.3) is 0 Å². The van der Waals surface area contributed by atoms with Crippen LogP contribution in [0.1, 0.15) is 24.8 Å². The molecule has 0 spiro atoms. The number of carbonyl (C=O) groups is 1. The Morgan fingerprint density at radius 3 is 2.52 bits per heavy atom. The van der Waals surface area contributed by atoms with E-state index in [1.54, 1.807) is 30.1 Å². The maximum Gasteiger partial charge on any atom is 0.234 e. The van der Waals surface area contributed by atoms with Gasteiger partial charge in [-0.3, -0.25) is 4.79 Å². The zero-order valence-corrected chi connectivity index (χ0v) is 13.0. The first kappa shape index (κ1) is 15.4. The summed E-state index contributed by atoms with van der Waals surface area (Å²) < 4.78 is 0. The van der Waals surface area contributed by atoms with Crippen molar-refractivity contribution >= 4 is 28.9 Å². The van der Waals surface area contributed by atoms with Crippen LogP contribution in [-0.2, 0) is 4.79 Å². The Balaban J connectivity index is 2.31. The number of amides is 1. The molecule has 0 radical (unpaired) electrons. The number of rotatable bonds is 4. The van der Waals surface area contributed by atoms with Gasteiger partial charge in [-0.2, -0.15) is 0 Å². The Kier molecular flexibility index (Phi) is 4.86. The Morgan fingerprint density at radius 2 is 1.90 bits per heavy atom. The van der Waals surface area contributed by atoms with Crippen LogP contribution in [0.5, 0.6) is 0 Å². The molecule has 0 saturated heterocycles. The molecule has 1 amide bonds. The highest BCUT2D eigenvalue weighted by atomic mass is 35.5. The second kappa shape index (κ2) is 6.64. The molecule has 110 valence electrons. The van der Waals surface area contributed by atoms with Gasteiger partial charge in [0.15, 0.2) is 0 Å². The normalized spacial score (nSPS) is 12.0. The van der Waals surface area contributed by atoms with E-state index in [9.17, 15) is 4.79 Å². The molecule has 1 atom stereocenters. The minimum atomic E-state index is -0.186. The summed E-state index contributed by atoms with van der Waals surface area (Å²) in [7, 11) is 1.73. The minimum Gasteiger partial charge on any atom is -0.397 e. The zero-order chi connectivity index (χ0) is 15.4. The van der Waals surface area contributed by atoms with Gasteiger partial charge in [-0.25, -0.2) is 0 Å². The SMILES string of the molecule is CCC(C(=O)N(C)c1cc(Cl)ccc1N)c1ccccc1. The van der Waals surface area contributed by atoms with E-state index in [4.69, 9.17) is 17.3 Å². The van der Waals surface area contributed by atoms with Crippen LogP contribution in [-0.4, -0.2) is 13.0 Å². The molecule has 0 aromatic heterocycles. The second-order valence-corrected chi connectivity index (χ2v) is 5.41. The highest BCUT2D eigenvalue weighted by Crippen LogP contribution is 2.30. The number of anilines is 2. The summed E-state index contributed by atoms with van der Waals surface area (Å²) in [6, 6.07) is 14.9. The molecule has 0 aliphatic carbocycles. The maximum atomic E-state index is 12.8. The fourth-order valence-electron chi connectivity index (χ4n) is 2.40. The molecule has 2 aromatic carbocycles. The zero-order valence-electron chi connectivity index (χ0n) is 12.2. The van der Waals surface area contributed by atoms with Crippen molar-refractivity contribution in [3.63, 3.8) is 0 Å². The summed E-state index contributed by atoms with van der Waals surface area (Å²) in [4.78, 5) is 14.4. The van der Waals surface area contributed by atoms with E-state index in [1.807, 2.05) is 37.3 Å². The van der Waals surface area contributed by atoms with Gasteiger partial charge in [-0.1, -0.05) is 48.9 Å². The summed E-state index contributed by atoms with van der Waals surface area (Å²) in [6.45, 7) is 2.00. The molecule has 0 aliphatic heterocycles. The number of nitrogens with two attached hydrogens (primary N) is 1. The van der Waals surface area contributed by atoms with Gasteiger partial charge in [0.1, 0.15) is 0 Å². The molecule has 21 heavy (non-hydrogen) atoms. The van der Waals surface area contributed by atoms with Crippen molar-refractivity contribution in [2.24, 2.45) is 0 Å². The molecule has 0 heterocycles. The van der Waals surface area contributed by atoms with Crippen molar-refractivity contribution < 1.29 is 4.79 Å². The monoisotopic (exact) mass is 302 g/mol. The lowest BCUT2D eigenvalue weighted by atomic mass is 9.95. The van der Waals surface area contributed by atoms with Gasteiger partial charge in [0.2, 0.25) is 5.91 Å². The Hall–Kier alpha value is -2.00. The Bertz CT molecular complexity index is 628. The van der Waals surface area contributed by atoms with Crippen LogP contribution in [0, 0.1) is 0 Å². The fourth-order valence-corrected chi connectivity index (χ4v) is 2.56. The summed E-state index contributed by atoms with van der Waals surface area (Å²) in [5.41, 5.74) is 8.15. The standard InChI is InChI=1S/C17H19ClN2O/c1-3-14(12-7-5-4-6-8-12)17(21)20(2)16-11-13(18)9-10-15(16)19/h4-11,14H,3,19H2,1-2H3. The molecule has 2 aromatic rings. The average molecular weight is 303 g/mol. The third-order valence-corrected chi connectivity index (χ3v) is 3.83. The molecule has 3 nitrogen and oxygen atoms in total. The smallest absolute Gasteiger partial charge is 0.234 e. The fraction of sp³-hybridized carbons (Fsp3) is 0.235. The summed E-state index contributed by atoms with van der Waals surface area (Å²) >= 11 is 6.00. The molecule has 2 N–H and O–H groups in total. The van der Waals surface area contributed by atoms with Crippen LogP contribution in [0.15, 0.2) is 48.5 Å². The predicted molar refractivity (Wildman–Crippen MR) is 88.7 cm³/mol. The lowest BCUT2D eigenvalue weighted by Crippen LogP contribution is -2.32. The number of likely N-dealkylation sites (N-methyl/N-ethyl adjacent to an activating group) is 1. The first-order valence-corrected chi connectivity index (χ1v) is 7.30. The summed E-state index contributed by atoms with van der Waals surface area (Å²) in [6.07, 6.45) is 0.730. The lowest BCUT2D eigenvalue weighted by molar-refractivity contribution is -0.119. The topological polar surface area (TPSA) is 46.3 Å². The van der Waals surface area contributed by atoms with Gasteiger partial charge in [-0.05, 0) is 30.2 Å². The molecule has 4 heteroatoms. The van der Waals surface area contributed by atoms with Gasteiger partial charge in [-0.15, -0.1) is 0 Å². The van der Waals surface area contributed by atoms with Crippen LogP contribution >= 0.6 is 11.6 Å². The molecule has 1 unspecified atom stereocenters. The number of nitrogens with zero attached hydrogens (tertiary/aromatic N) is 1. The van der Waals surface area contributed by atoms with Crippen LogP contribution in [0.3, 0.4) is 0 Å².